The van der Waals surface area contributed by atoms with Crippen LogP contribution in [-0.2, 0) is 0 Å². The summed E-state index contributed by atoms with van der Waals surface area (Å²) in [5.41, 5.74) is 2.71. The van der Waals surface area contributed by atoms with Crippen LogP contribution in [0.15, 0.2) is 100 Å². The number of rotatable bonds is 3. The molecule has 0 fully saturated rings. The van der Waals surface area contributed by atoms with Crippen molar-refractivity contribution in [3.63, 3.8) is 0 Å². The molecule has 37 heavy (non-hydrogen) atoms. The standard InChI is InChI=1S/C31H18O4S2/c32-26-22-16-14-18-8-4-6-10-20(18)28(22)36-30(34)24(26)12-2-1-3-13-25-27(33)23-17-15-19-9-5-7-11-21(19)29(23)37-31(25)35/h1-2,4-17,34-35H. The molecule has 0 saturated heterocycles. The van der Waals surface area contributed by atoms with Gasteiger partial charge in [0, 0.05) is 20.2 Å². The molecule has 0 bridgehead atoms. The van der Waals surface area contributed by atoms with Gasteiger partial charge in [0.1, 0.15) is 0 Å². The highest BCUT2D eigenvalue weighted by Crippen LogP contribution is 2.35. The van der Waals surface area contributed by atoms with Crippen LogP contribution in [0.4, 0.5) is 0 Å². The highest BCUT2D eigenvalue weighted by atomic mass is 32.1. The molecule has 4 aromatic carbocycles. The Hall–Kier alpha value is -4.48. The molecule has 0 aliphatic carbocycles. The topological polar surface area (TPSA) is 74.6 Å². The molecule has 0 radical (unpaired) electrons. The van der Waals surface area contributed by atoms with Gasteiger partial charge < -0.3 is 10.2 Å². The largest absolute Gasteiger partial charge is 0.499 e. The molecule has 6 aromatic rings. The minimum atomic E-state index is -0.273. The van der Waals surface area contributed by atoms with Crippen molar-refractivity contribution in [1.82, 2.24) is 0 Å². The maximum absolute atomic E-state index is 13.1. The van der Waals surface area contributed by atoms with Gasteiger partial charge in [-0.15, -0.1) is 5.73 Å². The van der Waals surface area contributed by atoms with Crippen LogP contribution in [0.25, 0.3) is 53.9 Å². The number of benzene rings is 4. The summed E-state index contributed by atoms with van der Waals surface area (Å²) in [6.07, 6.45) is 6.06. The van der Waals surface area contributed by atoms with E-state index < -0.39 is 0 Å². The molecular weight excluding hydrogens is 500 g/mol. The Labute approximate surface area is 218 Å². The Balaban J connectivity index is 1.37. The fourth-order valence-corrected chi connectivity index (χ4v) is 6.51. The van der Waals surface area contributed by atoms with Gasteiger partial charge in [0.05, 0.1) is 11.1 Å². The Bertz CT molecular complexity index is 2090. The van der Waals surface area contributed by atoms with Crippen molar-refractivity contribution in [2.75, 3.05) is 0 Å². The van der Waals surface area contributed by atoms with E-state index in [1.807, 2.05) is 60.7 Å². The highest BCUT2D eigenvalue weighted by molar-refractivity contribution is 7.21. The van der Waals surface area contributed by atoms with Crippen molar-refractivity contribution < 1.29 is 10.2 Å². The molecule has 4 nitrogen and oxygen atoms in total. The average Bonchev–Trinajstić information content (AvgIpc) is 2.91. The third kappa shape index (κ3) is 3.94. The normalized spacial score (nSPS) is 11.5. The minimum Gasteiger partial charge on any atom is -0.499 e. The molecule has 2 heterocycles. The quantitative estimate of drug-likeness (QED) is 0.145. The summed E-state index contributed by atoms with van der Waals surface area (Å²) in [5.74, 6) is 0. The first-order valence-electron chi connectivity index (χ1n) is 11.5. The number of allylic oxidation sites excluding steroid dienone is 2. The molecule has 0 amide bonds. The third-order valence-electron chi connectivity index (χ3n) is 6.28. The van der Waals surface area contributed by atoms with E-state index in [2.05, 4.69) is 5.73 Å². The van der Waals surface area contributed by atoms with Crippen molar-refractivity contribution >= 4 is 76.5 Å². The lowest BCUT2D eigenvalue weighted by molar-refractivity contribution is 0.488. The third-order valence-corrected chi connectivity index (χ3v) is 8.39. The van der Waals surface area contributed by atoms with Crippen LogP contribution in [-0.4, -0.2) is 10.2 Å². The van der Waals surface area contributed by atoms with E-state index in [4.69, 9.17) is 0 Å². The van der Waals surface area contributed by atoms with E-state index in [-0.39, 0.29) is 32.1 Å². The molecule has 178 valence electrons. The molecule has 0 saturated carbocycles. The Kier molecular flexibility index (Phi) is 5.70. The van der Waals surface area contributed by atoms with Gasteiger partial charge >= 0.3 is 0 Å². The number of fused-ring (bicyclic) bond motifs is 6. The monoisotopic (exact) mass is 518 g/mol. The molecule has 2 N–H and O–H groups in total. The molecular formula is C31H18O4S2. The first-order valence-corrected chi connectivity index (χ1v) is 13.1. The van der Waals surface area contributed by atoms with Crippen LogP contribution in [0.2, 0.25) is 0 Å². The van der Waals surface area contributed by atoms with E-state index in [0.717, 1.165) is 42.3 Å². The maximum Gasteiger partial charge on any atom is 0.199 e. The molecule has 0 spiro atoms. The summed E-state index contributed by atoms with van der Waals surface area (Å²) < 4.78 is 1.49. The summed E-state index contributed by atoms with van der Waals surface area (Å²) in [6, 6.07) is 22.8. The number of aromatic hydroxyl groups is 2. The second-order valence-corrected chi connectivity index (χ2v) is 10.5. The van der Waals surface area contributed by atoms with Crippen molar-refractivity contribution in [3.8, 4) is 10.1 Å². The SMILES string of the molecule is O=c1c(C=C=CC=Cc2c(O)sc3c(ccc4ccccc43)c2=O)c(O)sc2c1ccc1ccccc12. The number of hydrogen-bond donors (Lipinski definition) is 2. The van der Waals surface area contributed by atoms with Crippen LogP contribution in [0.3, 0.4) is 0 Å². The van der Waals surface area contributed by atoms with Crippen molar-refractivity contribution in [2.45, 2.75) is 0 Å². The van der Waals surface area contributed by atoms with Crippen molar-refractivity contribution in [3.05, 3.63) is 122 Å². The van der Waals surface area contributed by atoms with Crippen LogP contribution in [0, 0.1) is 0 Å². The molecule has 6 rings (SSSR count). The van der Waals surface area contributed by atoms with Gasteiger partial charge in [0.25, 0.3) is 0 Å². The lowest BCUT2D eigenvalue weighted by Crippen LogP contribution is -2.04. The summed E-state index contributed by atoms with van der Waals surface area (Å²) in [4.78, 5) is 26.1. The summed E-state index contributed by atoms with van der Waals surface area (Å²) in [6.45, 7) is 0. The van der Waals surface area contributed by atoms with E-state index >= 15 is 0 Å². The molecule has 2 aromatic heterocycles. The second kappa shape index (κ2) is 9.19. The predicted molar refractivity (Wildman–Crippen MR) is 156 cm³/mol. The van der Waals surface area contributed by atoms with Gasteiger partial charge in [-0.2, -0.15) is 0 Å². The second-order valence-electron chi connectivity index (χ2n) is 8.46. The van der Waals surface area contributed by atoms with Crippen LogP contribution in [0.1, 0.15) is 11.1 Å². The van der Waals surface area contributed by atoms with Gasteiger partial charge in [-0.05, 0) is 51.9 Å². The van der Waals surface area contributed by atoms with Crippen LogP contribution < -0.4 is 10.9 Å². The van der Waals surface area contributed by atoms with E-state index in [1.165, 1.54) is 29.6 Å². The van der Waals surface area contributed by atoms with Crippen molar-refractivity contribution in [1.29, 1.82) is 0 Å². The first kappa shape index (κ1) is 23.0. The van der Waals surface area contributed by atoms with Gasteiger partial charge in [-0.3, -0.25) is 9.59 Å². The van der Waals surface area contributed by atoms with Gasteiger partial charge in [0.15, 0.2) is 21.0 Å². The summed E-state index contributed by atoms with van der Waals surface area (Å²) >= 11 is 2.33. The van der Waals surface area contributed by atoms with E-state index in [0.29, 0.717) is 10.8 Å². The zero-order valence-corrected chi connectivity index (χ0v) is 20.9. The molecule has 0 aliphatic heterocycles. The smallest absolute Gasteiger partial charge is 0.199 e. The average molecular weight is 519 g/mol. The Morgan fingerprint density at radius 3 is 1.73 bits per heavy atom. The fourth-order valence-electron chi connectivity index (χ4n) is 4.46. The van der Waals surface area contributed by atoms with Crippen molar-refractivity contribution in [2.24, 2.45) is 0 Å². The van der Waals surface area contributed by atoms with Crippen LogP contribution >= 0.6 is 22.7 Å². The zero-order valence-electron chi connectivity index (χ0n) is 19.3. The number of hydrogen-bond acceptors (Lipinski definition) is 6. The first-order chi connectivity index (χ1) is 18.0. The van der Waals surface area contributed by atoms with Gasteiger partial charge in [-0.25, -0.2) is 0 Å². The highest BCUT2D eigenvalue weighted by Gasteiger charge is 2.13. The van der Waals surface area contributed by atoms with E-state index in [1.54, 1.807) is 18.2 Å². The predicted octanol–water partition coefficient (Wildman–Crippen LogP) is 7.44. The van der Waals surface area contributed by atoms with E-state index in [9.17, 15) is 19.8 Å². The Morgan fingerprint density at radius 1 is 0.622 bits per heavy atom. The minimum absolute atomic E-state index is 0.0643. The lowest BCUT2D eigenvalue weighted by Gasteiger charge is -2.05. The summed E-state index contributed by atoms with van der Waals surface area (Å²) in [7, 11) is 0. The van der Waals surface area contributed by atoms with Crippen LogP contribution in [0.5, 0.6) is 10.1 Å². The lowest BCUT2D eigenvalue weighted by atomic mass is 10.1. The van der Waals surface area contributed by atoms with Gasteiger partial charge in [0.2, 0.25) is 0 Å². The Morgan fingerprint density at radius 2 is 1.14 bits per heavy atom. The maximum atomic E-state index is 13.1. The molecule has 0 atom stereocenters. The molecule has 0 aliphatic rings. The van der Waals surface area contributed by atoms with Gasteiger partial charge in [-0.1, -0.05) is 89.4 Å². The zero-order chi connectivity index (χ0) is 25.5. The molecule has 6 heteroatoms. The molecule has 0 unspecified atom stereocenters. The summed E-state index contributed by atoms with van der Waals surface area (Å²) in [5, 5.41) is 26.0. The fraction of sp³-hybridized carbons (Fsp3) is 0.